The molecular weight excluding hydrogens is 364 g/mol. The first-order chi connectivity index (χ1) is 12.9. The SMILES string of the molecule is Cc1c[nH]c(=O)c2c(C(=O)N3CC4CC4(C4C=CC(Cl)=CN4)C3)cn(C)c12. The van der Waals surface area contributed by atoms with Crippen LogP contribution in [0.25, 0.3) is 10.9 Å². The summed E-state index contributed by atoms with van der Waals surface area (Å²) < 4.78 is 1.87. The molecule has 0 bridgehead atoms. The van der Waals surface area contributed by atoms with Crippen LogP contribution >= 0.6 is 11.6 Å². The Morgan fingerprint density at radius 1 is 1.41 bits per heavy atom. The fraction of sp³-hybridized carbons (Fsp3) is 0.400. The zero-order valence-corrected chi connectivity index (χ0v) is 16.0. The number of H-pyrrole nitrogens is 1. The summed E-state index contributed by atoms with van der Waals surface area (Å²) in [6, 6.07) is 0.195. The Bertz CT molecular complexity index is 1100. The molecule has 140 valence electrons. The van der Waals surface area contributed by atoms with Crippen LogP contribution in [0.3, 0.4) is 0 Å². The zero-order valence-electron chi connectivity index (χ0n) is 15.3. The third-order valence-electron chi connectivity index (χ3n) is 6.39. The van der Waals surface area contributed by atoms with Crippen molar-refractivity contribution in [3.63, 3.8) is 0 Å². The second-order valence-corrected chi connectivity index (χ2v) is 8.47. The van der Waals surface area contributed by atoms with E-state index in [2.05, 4.69) is 16.4 Å². The van der Waals surface area contributed by atoms with Gasteiger partial charge in [0.15, 0.2) is 0 Å². The maximum absolute atomic E-state index is 13.3. The zero-order chi connectivity index (χ0) is 18.9. The molecule has 2 N–H and O–H groups in total. The normalized spacial score (nSPS) is 28.9. The van der Waals surface area contributed by atoms with Crippen LogP contribution in [-0.2, 0) is 7.05 Å². The highest BCUT2D eigenvalue weighted by molar-refractivity contribution is 6.31. The van der Waals surface area contributed by atoms with Crippen molar-refractivity contribution >= 4 is 28.4 Å². The Morgan fingerprint density at radius 3 is 2.96 bits per heavy atom. The van der Waals surface area contributed by atoms with Gasteiger partial charge in [-0.05, 0) is 30.9 Å². The van der Waals surface area contributed by atoms with Crippen LogP contribution in [0, 0.1) is 18.3 Å². The van der Waals surface area contributed by atoms with Crippen LogP contribution in [0.15, 0.2) is 40.6 Å². The molecule has 0 spiro atoms. The minimum atomic E-state index is -0.213. The average Bonchev–Trinajstić information content (AvgIpc) is 3.03. The minimum Gasteiger partial charge on any atom is -0.383 e. The summed E-state index contributed by atoms with van der Waals surface area (Å²) in [5.41, 5.74) is 2.12. The second-order valence-electron chi connectivity index (χ2n) is 8.03. The lowest BCUT2D eigenvalue weighted by atomic mass is 9.94. The van der Waals surface area contributed by atoms with Crippen molar-refractivity contribution in [3.8, 4) is 0 Å². The lowest BCUT2D eigenvalue weighted by Crippen LogP contribution is -2.40. The monoisotopic (exact) mass is 384 g/mol. The van der Waals surface area contributed by atoms with Crippen molar-refractivity contribution in [1.29, 1.82) is 0 Å². The highest BCUT2D eigenvalue weighted by Crippen LogP contribution is 2.60. The number of allylic oxidation sites excluding steroid dienone is 2. The summed E-state index contributed by atoms with van der Waals surface area (Å²) in [4.78, 5) is 30.3. The first kappa shape index (κ1) is 16.7. The lowest BCUT2D eigenvalue weighted by molar-refractivity contribution is 0.0763. The van der Waals surface area contributed by atoms with Gasteiger partial charge in [0.05, 0.1) is 27.5 Å². The quantitative estimate of drug-likeness (QED) is 0.834. The van der Waals surface area contributed by atoms with Gasteiger partial charge in [-0.15, -0.1) is 0 Å². The molecule has 2 aliphatic heterocycles. The van der Waals surface area contributed by atoms with E-state index in [0.29, 0.717) is 28.4 Å². The van der Waals surface area contributed by atoms with Gasteiger partial charge in [0.1, 0.15) is 0 Å². The van der Waals surface area contributed by atoms with Gasteiger partial charge in [-0.1, -0.05) is 17.7 Å². The van der Waals surface area contributed by atoms with Crippen LogP contribution in [0.5, 0.6) is 0 Å². The van der Waals surface area contributed by atoms with Crippen LogP contribution in [0.2, 0.25) is 0 Å². The molecular formula is C20H21ClN4O2. The molecule has 2 aromatic heterocycles. The number of likely N-dealkylation sites (tertiary alicyclic amines) is 1. The van der Waals surface area contributed by atoms with E-state index in [-0.39, 0.29) is 22.9 Å². The Balaban J connectivity index is 1.46. The predicted octanol–water partition coefficient (Wildman–Crippen LogP) is 2.25. The van der Waals surface area contributed by atoms with E-state index in [9.17, 15) is 9.59 Å². The number of dihydropyridines is 1. The molecule has 5 rings (SSSR count). The van der Waals surface area contributed by atoms with Gasteiger partial charge >= 0.3 is 0 Å². The fourth-order valence-electron chi connectivity index (χ4n) is 4.96. The molecule has 2 fully saturated rings. The molecule has 1 amide bonds. The molecule has 3 unspecified atom stereocenters. The minimum absolute atomic E-state index is 0.0587. The molecule has 4 heterocycles. The molecule has 1 saturated carbocycles. The summed E-state index contributed by atoms with van der Waals surface area (Å²) in [6.45, 7) is 3.37. The molecule has 7 heteroatoms. The lowest BCUT2D eigenvalue weighted by Gasteiger charge is -2.27. The van der Waals surface area contributed by atoms with E-state index in [0.717, 1.165) is 24.0 Å². The largest absolute Gasteiger partial charge is 0.383 e. The van der Waals surface area contributed by atoms with Gasteiger partial charge < -0.3 is 19.8 Å². The van der Waals surface area contributed by atoms with E-state index in [1.165, 1.54) is 0 Å². The standard InChI is InChI=1S/C20H21ClN4O2/c1-11-6-23-18(26)16-14(9-24(2)17(11)16)19(27)25-8-12-5-20(12,10-25)15-4-3-13(21)7-22-15/h3-4,6-7,9,12,15,22H,5,8,10H2,1-2H3,(H,23,26). The third kappa shape index (κ3) is 2.32. The van der Waals surface area contributed by atoms with E-state index >= 15 is 0 Å². The van der Waals surface area contributed by atoms with Gasteiger partial charge in [0, 0.05) is 44.1 Å². The fourth-order valence-corrected chi connectivity index (χ4v) is 5.09. The average molecular weight is 385 g/mol. The number of aromatic nitrogens is 2. The Labute approximate surface area is 161 Å². The number of aromatic amines is 1. The number of pyridine rings is 1. The first-order valence-corrected chi connectivity index (χ1v) is 9.55. The van der Waals surface area contributed by atoms with Gasteiger partial charge in [-0.3, -0.25) is 9.59 Å². The van der Waals surface area contributed by atoms with Crippen molar-refractivity contribution in [2.45, 2.75) is 19.4 Å². The second kappa shape index (κ2) is 5.52. The number of rotatable bonds is 2. The number of nitrogens with zero attached hydrogens (tertiary/aromatic N) is 2. The topological polar surface area (TPSA) is 70.1 Å². The molecule has 0 aromatic carbocycles. The number of carbonyl (C=O) groups excluding carboxylic acids is 1. The Kier molecular flexibility index (Phi) is 3.41. The smallest absolute Gasteiger partial charge is 0.258 e. The highest BCUT2D eigenvalue weighted by Gasteiger charge is 2.64. The molecule has 6 nitrogen and oxygen atoms in total. The van der Waals surface area contributed by atoms with Gasteiger partial charge in [-0.25, -0.2) is 0 Å². The summed E-state index contributed by atoms with van der Waals surface area (Å²) in [6.07, 6.45) is 10.4. The summed E-state index contributed by atoms with van der Waals surface area (Å²) in [5.74, 6) is 0.431. The van der Waals surface area contributed by atoms with Crippen molar-refractivity contribution in [2.24, 2.45) is 18.4 Å². The number of hydrogen-bond donors (Lipinski definition) is 2. The van der Waals surface area contributed by atoms with Crippen molar-refractivity contribution in [2.75, 3.05) is 13.1 Å². The molecule has 27 heavy (non-hydrogen) atoms. The van der Waals surface area contributed by atoms with E-state index < -0.39 is 0 Å². The molecule has 1 aliphatic carbocycles. The number of aryl methyl sites for hydroxylation is 2. The van der Waals surface area contributed by atoms with Crippen LogP contribution in [0.1, 0.15) is 22.3 Å². The van der Waals surface area contributed by atoms with E-state index in [4.69, 9.17) is 11.6 Å². The van der Waals surface area contributed by atoms with Crippen LogP contribution < -0.4 is 10.9 Å². The molecule has 0 radical (unpaired) electrons. The summed E-state index contributed by atoms with van der Waals surface area (Å²) >= 11 is 6.00. The maximum Gasteiger partial charge on any atom is 0.258 e. The Morgan fingerprint density at radius 2 is 2.22 bits per heavy atom. The van der Waals surface area contributed by atoms with Crippen LogP contribution in [0.4, 0.5) is 0 Å². The molecule has 2 aromatic rings. The summed E-state index contributed by atoms with van der Waals surface area (Å²) in [5, 5.41) is 4.54. The van der Waals surface area contributed by atoms with E-state index in [1.807, 2.05) is 35.7 Å². The van der Waals surface area contributed by atoms with Gasteiger partial charge in [-0.2, -0.15) is 0 Å². The van der Waals surface area contributed by atoms with Gasteiger partial charge in [0.2, 0.25) is 0 Å². The number of amides is 1. The van der Waals surface area contributed by atoms with Crippen molar-refractivity contribution < 1.29 is 4.79 Å². The van der Waals surface area contributed by atoms with Crippen LogP contribution in [-0.4, -0.2) is 39.5 Å². The van der Waals surface area contributed by atoms with Crippen molar-refractivity contribution in [3.05, 3.63) is 57.3 Å². The Hall–Kier alpha value is -2.47. The highest BCUT2D eigenvalue weighted by atomic mass is 35.5. The summed E-state index contributed by atoms with van der Waals surface area (Å²) in [7, 11) is 1.88. The van der Waals surface area contributed by atoms with Gasteiger partial charge in [0.25, 0.3) is 11.5 Å². The molecule has 3 aliphatic rings. The predicted molar refractivity (Wildman–Crippen MR) is 105 cm³/mol. The third-order valence-corrected chi connectivity index (χ3v) is 6.63. The number of carbonyl (C=O) groups is 1. The molecule has 1 saturated heterocycles. The number of fused-ring (bicyclic) bond motifs is 2. The number of piperidine rings is 1. The maximum atomic E-state index is 13.3. The first-order valence-electron chi connectivity index (χ1n) is 9.17. The number of halogens is 1. The number of nitrogens with one attached hydrogen (secondary N) is 2. The van der Waals surface area contributed by atoms with Crippen molar-refractivity contribution in [1.82, 2.24) is 19.8 Å². The molecule has 3 atom stereocenters. The van der Waals surface area contributed by atoms with E-state index in [1.54, 1.807) is 12.4 Å². The number of hydrogen-bond acceptors (Lipinski definition) is 3.